The first-order valence-corrected chi connectivity index (χ1v) is 6.12. The van der Waals surface area contributed by atoms with E-state index < -0.39 is 0 Å². The lowest BCUT2D eigenvalue weighted by atomic mass is 10.3. The molecular weight excluding hydrogens is 251 g/mol. The number of nitrogens with zero attached hydrogens (tertiary/aromatic N) is 1. The van der Waals surface area contributed by atoms with Crippen LogP contribution in [0.2, 0.25) is 0 Å². The first kappa shape index (κ1) is 11.1. The SMILES string of the molecule is Nc1cc(F)ccc1Sc1nc2ccccc2o1. The molecule has 18 heavy (non-hydrogen) atoms. The van der Waals surface area contributed by atoms with Gasteiger partial charge in [0.1, 0.15) is 11.3 Å². The van der Waals surface area contributed by atoms with Crippen LogP contribution in [0.25, 0.3) is 11.1 Å². The number of hydrogen-bond donors (Lipinski definition) is 1. The predicted octanol–water partition coefficient (Wildman–Crippen LogP) is 3.70. The molecule has 0 saturated carbocycles. The Morgan fingerprint density at radius 2 is 2.00 bits per heavy atom. The normalized spacial score (nSPS) is 10.9. The molecule has 3 rings (SSSR count). The van der Waals surface area contributed by atoms with Crippen molar-refractivity contribution in [2.75, 3.05) is 5.73 Å². The summed E-state index contributed by atoms with van der Waals surface area (Å²) in [6.07, 6.45) is 0. The summed E-state index contributed by atoms with van der Waals surface area (Å²) in [6.45, 7) is 0. The lowest BCUT2D eigenvalue weighted by Crippen LogP contribution is -1.89. The van der Waals surface area contributed by atoms with Crippen molar-refractivity contribution in [2.24, 2.45) is 0 Å². The number of anilines is 1. The van der Waals surface area contributed by atoms with Gasteiger partial charge in [-0.25, -0.2) is 9.37 Å². The largest absolute Gasteiger partial charge is 0.431 e. The molecule has 3 aromatic rings. The van der Waals surface area contributed by atoms with Gasteiger partial charge in [0, 0.05) is 10.6 Å². The van der Waals surface area contributed by atoms with Crippen molar-refractivity contribution in [3.05, 3.63) is 48.3 Å². The lowest BCUT2D eigenvalue weighted by molar-refractivity contribution is 0.489. The molecule has 1 heterocycles. The van der Waals surface area contributed by atoms with Gasteiger partial charge in [-0.3, -0.25) is 0 Å². The zero-order valence-corrected chi connectivity index (χ0v) is 10.1. The van der Waals surface area contributed by atoms with Crippen LogP contribution in [0.15, 0.2) is 57.0 Å². The average Bonchev–Trinajstić information content (AvgIpc) is 2.75. The number of para-hydroxylation sites is 2. The van der Waals surface area contributed by atoms with Crippen molar-refractivity contribution < 1.29 is 8.81 Å². The van der Waals surface area contributed by atoms with Gasteiger partial charge in [0.2, 0.25) is 0 Å². The number of aromatic nitrogens is 1. The molecule has 0 aliphatic heterocycles. The minimum atomic E-state index is -0.352. The number of nitrogen functional groups attached to an aromatic ring is 1. The van der Waals surface area contributed by atoms with Gasteiger partial charge in [-0.2, -0.15) is 0 Å². The highest BCUT2D eigenvalue weighted by atomic mass is 32.2. The Labute approximate surface area is 107 Å². The molecule has 2 N–H and O–H groups in total. The van der Waals surface area contributed by atoms with Gasteiger partial charge in [0.25, 0.3) is 5.22 Å². The highest BCUT2D eigenvalue weighted by Gasteiger charge is 2.09. The molecule has 0 atom stereocenters. The van der Waals surface area contributed by atoms with E-state index in [9.17, 15) is 4.39 Å². The molecule has 1 aromatic heterocycles. The maximum absolute atomic E-state index is 12.9. The Morgan fingerprint density at radius 3 is 2.78 bits per heavy atom. The van der Waals surface area contributed by atoms with Crippen molar-refractivity contribution >= 4 is 28.5 Å². The van der Waals surface area contributed by atoms with Gasteiger partial charge in [-0.05, 0) is 42.1 Å². The Bertz CT molecular complexity index is 678. The predicted molar refractivity (Wildman–Crippen MR) is 68.9 cm³/mol. The van der Waals surface area contributed by atoms with Crippen molar-refractivity contribution in [3.63, 3.8) is 0 Å². The number of fused-ring (bicyclic) bond motifs is 1. The molecule has 0 radical (unpaired) electrons. The van der Waals surface area contributed by atoms with Crippen LogP contribution < -0.4 is 5.73 Å². The van der Waals surface area contributed by atoms with Gasteiger partial charge < -0.3 is 10.2 Å². The van der Waals surface area contributed by atoms with Crippen molar-refractivity contribution in [1.82, 2.24) is 4.98 Å². The fourth-order valence-electron chi connectivity index (χ4n) is 1.60. The molecule has 0 saturated heterocycles. The summed E-state index contributed by atoms with van der Waals surface area (Å²) < 4.78 is 18.5. The van der Waals surface area contributed by atoms with E-state index in [-0.39, 0.29) is 5.82 Å². The van der Waals surface area contributed by atoms with E-state index in [0.29, 0.717) is 10.9 Å². The number of hydrogen-bond acceptors (Lipinski definition) is 4. The molecule has 0 unspecified atom stereocenters. The van der Waals surface area contributed by atoms with E-state index in [0.717, 1.165) is 16.0 Å². The number of rotatable bonds is 2. The maximum Gasteiger partial charge on any atom is 0.261 e. The topological polar surface area (TPSA) is 52.0 Å². The molecule has 90 valence electrons. The van der Waals surface area contributed by atoms with E-state index in [1.807, 2.05) is 24.3 Å². The van der Waals surface area contributed by atoms with Crippen molar-refractivity contribution in [3.8, 4) is 0 Å². The third kappa shape index (κ3) is 2.04. The van der Waals surface area contributed by atoms with Crippen LogP contribution >= 0.6 is 11.8 Å². The summed E-state index contributed by atoms with van der Waals surface area (Å²) in [4.78, 5) is 5.04. The Morgan fingerprint density at radius 1 is 1.17 bits per heavy atom. The van der Waals surface area contributed by atoms with Crippen LogP contribution in [0.3, 0.4) is 0 Å². The smallest absolute Gasteiger partial charge is 0.261 e. The Balaban J connectivity index is 1.96. The van der Waals surface area contributed by atoms with Crippen LogP contribution in [-0.4, -0.2) is 4.98 Å². The van der Waals surface area contributed by atoms with E-state index in [2.05, 4.69) is 4.98 Å². The highest BCUT2D eigenvalue weighted by Crippen LogP contribution is 2.33. The lowest BCUT2D eigenvalue weighted by Gasteiger charge is -2.01. The van der Waals surface area contributed by atoms with E-state index in [4.69, 9.17) is 10.2 Å². The van der Waals surface area contributed by atoms with Gasteiger partial charge in [-0.1, -0.05) is 12.1 Å². The van der Waals surface area contributed by atoms with Gasteiger partial charge in [0.15, 0.2) is 5.58 Å². The van der Waals surface area contributed by atoms with E-state index >= 15 is 0 Å². The quantitative estimate of drug-likeness (QED) is 0.714. The Kier molecular flexibility index (Phi) is 2.68. The second kappa shape index (κ2) is 4.34. The second-order valence-electron chi connectivity index (χ2n) is 3.73. The summed E-state index contributed by atoms with van der Waals surface area (Å²) in [7, 11) is 0. The molecule has 5 heteroatoms. The minimum Gasteiger partial charge on any atom is -0.431 e. The third-order valence-corrected chi connectivity index (χ3v) is 3.38. The molecular formula is C13H9FN2OS. The molecule has 2 aromatic carbocycles. The third-order valence-electron chi connectivity index (χ3n) is 2.44. The average molecular weight is 260 g/mol. The first-order chi connectivity index (χ1) is 8.72. The molecule has 0 aliphatic carbocycles. The summed E-state index contributed by atoms with van der Waals surface area (Å²) in [6, 6.07) is 11.8. The summed E-state index contributed by atoms with van der Waals surface area (Å²) in [5.41, 5.74) is 7.63. The molecule has 3 nitrogen and oxygen atoms in total. The second-order valence-corrected chi connectivity index (χ2v) is 4.72. The fraction of sp³-hybridized carbons (Fsp3) is 0. The van der Waals surface area contributed by atoms with Crippen LogP contribution in [0.1, 0.15) is 0 Å². The monoisotopic (exact) mass is 260 g/mol. The van der Waals surface area contributed by atoms with E-state index in [1.54, 1.807) is 6.07 Å². The Hall–Kier alpha value is -2.01. The number of halogens is 1. The summed E-state index contributed by atoms with van der Waals surface area (Å²) >= 11 is 1.28. The molecule has 0 amide bonds. The molecule has 0 aliphatic rings. The minimum absolute atomic E-state index is 0.352. The summed E-state index contributed by atoms with van der Waals surface area (Å²) in [5, 5.41) is 0.495. The van der Waals surface area contributed by atoms with Crippen LogP contribution in [0.5, 0.6) is 0 Å². The molecule has 0 bridgehead atoms. The zero-order valence-electron chi connectivity index (χ0n) is 9.26. The molecule has 0 spiro atoms. The van der Waals surface area contributed by atoms with Crippen LogP contribution in [0.4, 0.5) is 10.1 Å². The number of benzene rings is 2. The van der Waals surface area contributed by atoms with Gasteiger partial charge >= 0.3 is 0 Å². The highest BCUT2D eigenvalue weighted by molar-refractivity contribution is 7.99. The van der Waals surface area contributed by atoms with Crippen LogP contribution in [-0.2, 0) is 0 Å². The first-order valence-electron chi connectivity index (χ1n) is 5.31. The van der Waals surface area contributed by atoms with Crippen molar-refractivity contribution in [1.29, 1.82) is 0 Å². The zero-order chi connectivity index (χ0) is 12.5. The fourth-order valence-corrected chi connectivity index (χ4v) is 2.38. The standard InChI is InChI=1S/C13H9FN2OS/c14-8-5-6-12(9(15)7-8)18-13-16-10-3-1-2-4-11(10)17-13/h1-7H,15H2. The van der Waals surface area contributed by atoms with Gasteiger partial charge in [-0.15, -0.1) is 0 Å². The van der Waals surface area contributed by atoms with Crippen LogP contribution in [0, 0.1) is 5.82 Å². The summed E-state index contributed by atoms with van der Waals surface area (Å²) in [5.74, 6) is -0.352. The number of nitrogens with two attached hydrogens (primary N) is 1. The van der Waals surface area contributed by atoms with Crippen molar-refractivity contribution in [2.45, 2.75) is 10.1 Å². The van der Waals surface area contributed by atoms with Gasteiger partial charge in [0.05, 0.1) is 0 Å². The maximum atomic E-state index is 12.9. The molecule has 0 fully saturated rings. The van der Waals surface area contributed by atoms with E-state index in [1.165, 1.54) is 23.9 Å². The number of oxazole rings is 1.